The average molecular weight is 178 g/mol. The van der Waals surface area contributed by atoms with Gasteiger partial charge >= 0.3 is 0 Å². The molecule has 0 aromatic carbocycles. The Morgan fingerprint density at radius 3 is 2.55 bits per heavy atom. The molecular formula is C7H14O3S. The summed E-state index contributed by atoms with van der Waals surface area (Å²) in [5, 5.41) is -0.248. The first kappa shape index (κ1) is 9.00. The first-order valence-electron chi connectivity index (χ1n) is 3.98. The molecule has 1 rings (SSSR count). The standard InChI is InChI=1S/C7H14O3S/c1-3-4-7-5-6(2)10-11(7,8)9/h6-7H,3-5H2,1-2H3. The van der Waals surface area contributed by atoms with Crippen molar-refractivity contribution in [2.24, 2.45) is 0 Å². The molecule has 1 heterocycles. The molecule has 1 aliphatic heterocycles. The summed E-state index contributed by atoms with van der Waals surface area (Å²) < 4.78 is 27.1. The first-order valence-corrected chi connectivity index (χ1v) is 5.45. The summed E-state index contributed by atoms with van der Waals surface area (Å²) in [4.78, 5) is 0. The third-order valence-electron chi connectivity index (χ3n) is 1.91. The highest BCUT2D eigenvalue weighted by Gasteiger charge is 2.36. The van der Waals surface area contributed by atoms with Crippen molar-refractivity contribution in [3.63, 3.8) is 0 Å². The fourth-order valence-electron chi connectivity index (χ4n) is 1.42. The molecule has 0 radical (unpaired) electrons. The molecule has 0 aromatic rings. The van der Waals surface area contributed by atoms with E-state index in [1.54, 1.807) is 6.92 Å². The molecule has 4 heteroatoms. The highest BCUT2D eigenvalue weighted by Crippen LogP contribution is 2.26. The Labute approximate surface area is 67.9 Å². The van der Waals surface area contributed by atoms with Crippen LogP contribution < -0.4 is 0 Å². The zero-order valence-corrected chi connectivity index (χ0v) is 7.73. The van der Waals surface area contributed by atoms with Gasteiger partial charge in [-0.05, 0) is 19.8 Å². The van der Waals surface area contributed by atoms with Crippen molar-refractivity contribution in [3.05, 3.63) is 0 Å². The van der Waals surface area contributed by atoms with Gasteiger partial charge in [-0.15, -0.1) is 0 Å². The fraction of sp³-hybridized carbons (Fsp3) is 1.00. The average Bonchev–Trinajstić information content (AvgIpc) is 2.07. The van der Waals surface area contributed by atoms with Crippen LogP contribution in [-0.2, 0) is 14.3 Å². The van der Waals surface area contributed by atoms with Crippen LogP contribution in [0.5, 0.6) is 0 Å². The molecular weight excluding hydrogens is 164 g/mol. The summed E-state index contributed by atoms with van der Waals surface area (Å²) in [6.45, 7) is 3.78. The van der Waals surface area contributed by atoms with E-state index >= 15 is 0 Å². The third kappa shape index (κ3) is 1.93. The van der Waals surface area contributed by atoms with E-state index in [0.717, 1.165) is 12.8 Å². The van der Waals surface area contributed by atoms with E-state index in [1.165, 1.54) is 0 Å². The number of hydrogen-bond acceptors (Lipinski definition) is 3. The monoisotopic (exact) mass is 178 g/mol. The van der Waals surface area contributed by atoms with E-state index in [-0.39, 0.29) is 11.4 Å². The van der Waals surface area contributed by atoms with Gasteiger partial charge < -0.3 is 0 Å². The maximum Gasteiger partial charge on any atom is 0.270 e. The molecule has 11 heavy (non-hydrogen) atoms. The molecule has 0 aliphatic carbocycles. The van der Waals surface area contributed by atoms with Crippen molar-refractivity contribution in [2.45, 2.75) is 44.5 Å². The second-order valence-corrected chi connectivity index (χ2v) is 4.89. The van der Waals surface area contributed by atoms with Crippen LogP contribution in [0.1, 0.15) is 33.1 Å². The van der Waals surface area contributed by atoms with Crippen LogP contribution in [0, 0.1) is 0 Å². The summed E-state index contributed by atoms with van der Waals surface area (Å²) in [5.41, 5.74) is 0. The number of hydrogen-bond donors (Lipinski definition) is 0. The molecule has 66 valence electrons. The SMILES string of the molecule is CCCC1CC(C)OS1(=O)=O. The molecule has 0 amide bonds. The molecule has 1 saturated heterocycles. The van der Waals surface area contributed by atoms with Gasteiger partial charge in [-0.2, -0.15) is 8.42 Å². The van der Waals surface area contributed by atoms with E-state index in [2.05, 4.69) is 0 Å². The van der Waals surface area contributed by atoms with Crippen LogP contribution >= 0.6 is 0 Å². The van der Waals surface area contributed by atoms with E-state index in [0.29, 0.717) is 6.42 Å². The van der Waals surface area contributed by atoms with Crippen molar-refractivity contribution in [3.8, 4) is 0 Å². The summed E-state index contributed by atoms with van der Waals surface area (Å²) in [6, 6.07) is 0. The molecule has 2 unspecified atom stereocenters. The fourth-order valence-corrected chi connectivity index (χ4v) is 3.14. The zero-order valence-electron chi connectivity index (χ0n) is 6.91. The largest absolute Gasteiger partial charge is 0.270 e. The van der Waals surface area contributed by atoms with Gasteiger partial charge in [0.05, 0.1) is 11.4 Å². The van der Waals surface area contributed by atoms with Gasteiger partial charge in [-0.25, -0.2) is 0 Å². The second kappa shape index (κ2) is 3.11. The highest BCUT2D eigenvalue weighted by atomic mass is 32.2. The van der Waals surface area contributed by atoms with Gasteiger partial charge in [0.15, 0.2) is 0 Å². The molecule has 0 bridgehead atoms. The molecule has 0 aromatic heterocycles. The Kier molecular flexibility index (Phi) is 2.54. The van der Waals surface area contributed by atoms with Crippen LogP contribution in [0.3, 0.4) is 0 Å². The Balaban J connectivity index is 2.67. The van der Waals surface area contributed by atoms with Crippen molar-refractivity contribution >= 4 is 10.1 Å². The van der Waals surface area contributed by atoms with Crippen molar-refractivity contribution < 1.29 is 12.6 Å². The van der Waals surface area contributed by atoms with Gasteiger partial charge in [-0.3, -0.25) is 4.18 Å². The molecule has 3 nitrogen and oxygen atoms in total. The van der Waals surface area contributed by atoms with Gasteiger partial charge in [0, 0.05) is 0 Å². The van der Waals surface area contributed by atoms with Gasteiger partial charge in [0.2, 0.25) is 0 Å². The van der Waals surface area contributed by atoms with Crippen LogP contribution in [-0.4, -0.2) is 19.8 Å². The van der Waals surface area contributed by atoms with Crippen LogP contribution in [0.4, 0.5) is 0 Å². The summed E-state index contributed by atoms with van der Waals surface area (Å²) in [6.07, 6.45) is 2.18. The Morgan fingerprint density at radius 1 is 1.55 bits per heavy atom. The van der Waals surface area contributed by atoms with Crippen LogP contribution in [0.15, 0.2) is 0 Å². The molecule has 1 fully saturated rings. The molecule has 2 atom stereocenters. The Hall–Kier alpha value is -0.0900. The lowest BCUT2D eigenvalue weighted by molar-refractivity contribution is 0.256. The lowest BCUT2D eigenvalue weighted by Gasteiger charge is -2.02. The Bertz CT molecular complexity index is 220. The normalized spacial score (nSPS) is 35.8. The minimum Gasteiger partial charge on any atom is -0.267 e. The van der Waals surface area contributed by atoms with E-state index in [4.69, 9.17) is 4.18 Å². The van der Waals surface area contributed by atoms with Gasteiger partial charge in [0.25, 0.3) is 10.1 Å². The number of rotatable bonds is 2. The predicted octanol–water partition coefficient (Wildman–Crippen LogP) is 1.29. The maximum absolute atomic E-state index is 11.1. The van der Waals surface area contributed by atoms with Crippen LogP contribution in [0.2, 0.25) is 0 Å². The van der Waals surface area contributed by atoms with Crippen LogP contribution in [0.25, 0.3) is 0 Å². The molecule has 1 aliphatic rings. The second-order valence-electron chi connectivity index (χ2n) is 3.05. The summed E-state index contributed by atoms with van der Waals surface area (Å²) in [7, 11) is -3.20. The summed E-state index contributed by atoms with van der Waals surface area (Å²) >= 11 is 0. The van der Waals surface area contributed by atoms with Crippen molar-refractivity contribution in [1.29, 1.82) is 0 Å². The van der Waals surface area contributed by atoms with E-state index in [9.17, 15) is 8.42 Å². The van der Waals surface area contributed by atoms with Gasteiger partial charge in [-0.1, -0.05) is 13.3 Å². The van der Waals surface area contributed by atoms with Crippen molar-refractivity contribution in [1.82, 2.24) is 0 Å². The summed E-state index contributed by atoms with van der Waals surface area (Å²) in [5.74, 6) is 0. The van der Waals surface area contributed by atoms with E-state index in [1.807, 2.05) is 6.92 Å². The lowest BCUT2D eigenvalue weighted by atomic mass is 10.1. The zero-order chi connectivity index (χ0) is 8.48. The van der Waals surface area contributed by atoms with E-state index < -0.39 is 10.1 Å². The minimum absolute atomic E-state index is 0.114. The molecule has 0 saturated carbocycles. The predicted molar refractivity (Wildman–Crippen MR) is 42.8 cm³/mol. The first-order chi connectivity index (χ1) is 5.06. The van der Waals surface area contributed by atoms with Crippen molar-refractivity contribution in [2.75, 3.05) is 0 Å². The quantitative estimate of drug-likeness (QED) is 0.598. The third-order valence-corrected chi connectivity index (χ3v) is 3.75. The smallest absolute Gasteiger partial charge is 0.267 e. The van der Waals surface area contributed by atoms with Gasteiger partial charge in [0.1, 0.15) is 0 Å². The Morgan fingerprint density at radius 2 is 2.18 bits per heavy atom. The minimum atomic E-state index is -3.20. The topological polar surface area (TPSA) is 43.4 Å². The molecule has 0 N–H and O–H groups in total. The highest BCUT2D eigenvalue weighted by molar-refractivity contribution is 7.87. The lowest BCUT2D eigenvalue weighted by Crippen LogP contribution is -2.13. The molecule has 0 spiro atoms. The maximum atomic E-state index is 11.1.